The van der Waals surface area contributed by atoms with Crippen molar-refractivity contribution in [1.82, 2.24) is 20.2 Å². The molecule has 0 aliphatic carbocycles. The maximum atomic E-state index is 13.2. The topological polar surface area (TPSA) is 58.1 Å². The van der Waals surface area contributed by atoms with Crippen molar-refractivity contribution < 1.29 is 13.6 Å². The molecule has 1 N–H and O–H groups in total. The summed E-state index contributed by atoms with van der Waals surface area (Å²) in [6.45, 7) is 2.01. The fourth-order valence-electron chi connectivity index (χ4n) is 2.87. The second kappa shape index (κ2) is 7.44. The molecule has 5 nitrogen and oxygen atoms in total. The highest BCUT2D eigenvalue weighted by atomic mass is 19.1. The van der Waals surface area contributed by atoms with E-state index in [9.17, 15) is 13.6 Å². The zero-order chi connectivity index (χ0) is 16.9. The van der Waals surface area contributed by atoms with Crippen molar-refractivity contribution in [2.45, 2.75) is 25.4 Å². The third-order valence-electron chi connectivity index (χ3n) is 4.05. The van der Waals surface area contributed by atoms with Gasteiger partial charge in [0, 0.05) is 44.1 Å². The molecule has 126 valence electrons. The monoisotopic (exact) mass is 332 g/mol. The number of amides is 1. The molecule has 1 amide bonds. The second-order valence-corrected chi connectivity index (χ2v) is 5.89. The van der Waals surface area contributed by atoms with Gasteiger partial charge in [-0.25, -0.2) is 13.8 Å². The Morgan fingerprint density at radius 2 is 1.88 bits per heavy atom. The number of carbonyl (C=O) groups excluding carboxylic acids is 1. The van der Waals surface area contributed by atoms with Gasteiger partial charge < -0.3 is 5.32 Å². The lowest BCUT2D eigenvalue weighted by atomic mass is 10.0. The maximum absolute atomic E-state index is 13.2. The van der Waals surface area contributed by atoms with E-state index in [2.05, 4.69) is 20.2 Å². The standard InChI is InChI=1S/C17H18F2N4O/c18-13-7-12(8-14(19)9-13)11-23-5-1-15(2-6-23)22-17(24)16-10-20-3-4-21-16/h3-4,7-10,15H,1-2,5-6,11H2,(H,22,24). The summed E-state index contributed by atoms with van der Waals surface area (Å²) in [5, 5.41) is 2.95. The highest BCUT2D eigenvalue weighted by Gasteiger charge is 2.21. The van der Waals surface area contributed by atoms with Crippen LogP contribution in [0.25, 0.3) is 0 Å². The van der Waals surface area contributed by atoms with Crippen molar-refractivity contribution in [2.75, 3.05) is 13.1 Å². The first-order valence-electron chi connectivity index (χ1n) is 7.84. The summed E-state index contributed by atoms with van der Waals surface area (Å²) in [5.41, 5.74) is 0.921. The Hall–Kier alpha value is -2.41. The van der Waals surface area contributed by atoms with Gasteiger partial charge in [0.25, 0.3) is 5.91 Å². The molecule has 0 bridgehead atoms. The Bertz CT molecular complexity index is 683. The first-order valence-corrected chi connectivity index (χ1v) is 7.84. The van der Waals surface area contributed by atoms with Crippen molar-refractivity contribution in [1.29, 1.82) is 0 Å². The zero-order valence-electron chi connectivity index (χ0n) is 13.1. The van der Waals surface area contributed by atoms with Crippen LogP contribution in [0.2, 0.25) is 0 Å². The van der Waals surface area contributed by atoms with Gasteiger partial charge in [0.2, 0.25) is 0 Å². The minimum atomic E-state index is -0.559. The van der Waals surface area contributed by atoms with Crippen LogP contribution < -0.4 is 5.32 Å². The van der Waals surface area contributed by atoms with Crippen molar-refractivity contribution >= 4 is 5.91 Å². The average molecular weight is 332 g/mol. The van der Waals surface area contributed by atoms with Crippen molar-refractivity contribution in [3.8, 4) is 0 Å². The summed E-state index contributed by atoms with van der Waals surface area (Å²) < 4.78 is 26.5. The van der Waals surface area contributed by atoms with E-state index in [1.807, 2.05) is 0 Å². The Morgan fingerprint density at radius 1 is 1.17 bits per heavy atom. The number of benzene rings is 1. The SMILES string of the molecule is O=C(NC1CCN(Cc2cc(F)cc(F)c2)CC1)c1cnccn1. The van der Waals surface area contributed by atoms with Crippen LogP contribution in [0.4, 0.5) is 8.78 Å². The molecule has 1 aliphatic rings. The highest BCUT2D eigenvalue weighted by Crippen LogP contribution is 2.16. The van der Waals surface area contributed by atoms with Crippen LogP contribution in [0.1, 0.15) is 28.9 Å². The molecule has 0 spiro atoms. The molecule has 1 saturated heterocycles. The maximum Gasteiger partial charge on any atom is 0.271 e. The highest BCUT2D eigenvalue weighted by molar-refractivity contribution is 5.92. The normalized spacial score (nSPS) is 16.1. The van der Waals surface area contributed by atoms with E-state index in [1.165, 1.54) is 30.7 Å². The van der Waals surface area contributed by atoms with Gasteiger partial charge in [0.15, 0.2) is 0 Å². The van der Waals surface area contributed by atoms with Gasteiger partial charge in [-0.3, -0.25) is 14.7 Å². The van der Waals surface area contributed by atoms with Gasteiger partial charge in [-0.1, -0.05) is 0 Å². The number of hydrogen-bond acceptors (Lipinski definition) is 4. The van der Waals surface area contributed by atoms with E-state index in [4.69, 9.17) is 0 Å². The number of likely N-dealkylation sites (tertiary alicyclic amines) is 1. The number of piperidine rings is 1. The molecule has 0 unspecified atom stereocenters. The van der Waals surface area contributed by atoms with Crippen LogP contribution >= 0.6 is 0 Å². The van der Waals surface area contributed by atoms with E-state index >= 15 is 0 Å². The third kappa shape index (κ3) is 4.32. The number of halogens is 2. The predicted molar refractivity (Wildman–Crippen MR) is 84.2 cm³/mol. The molecule has 24 heavy (non-hydrogen) atoms. The van der Waals surface area contributed by atoms with E-state index in [1.54, 1.807) is 0 Å². The number of nitrogens with zero attached hydrogens (tertiary/aromatic N) is 3. The molecule has 0 radical (unpaired) electrons. The van der Waals surface area contributed by atoms with Crippen molar-refractivity contribution in [2.24, 2.45) is 0 Å². The van der Waals surface area contributed by atoms with Gasteiger partial charge in [-0.15, -0.1) is 0 Å². The van der Waals surface area contributed by atoms with Gasteiger partial charge in [0.1, 0.15) is 17.3 Å². The summed E-state index contributed by atoms with van der Waals surface area (Å²) in [6, 6.07) is 3.65. The van der Waals surface area contributed by atoms with Gasteiger partial charge in [-0.2, -0.15) is 0 Å². The van der Waals surface area contributed by atoms with Crippen LogP contribution in [0, 0.1) is 11.6 Å². The van der Waals surface area contributed by atoms with Crippen LogP contribution in [-0.2, 0) is 6.54 Å². The smallest absolute Gasteiger partial charge is 0.271 e. The number of aromatic nitrogens is 2. The Balaban J connectivity index is 1.50. The van der Waals surface area contributed by atoms with Crippen LogP contribution in [0.15, 0.2) is 36.8 Å². The lowest BCUT2D eigenvalue weighted by Gasteiger charge is -2.32. The summed E-state index contributed by atoms with van der Waals surface area (Å²) in [6.07, 6.45) is 6.00. The van der Waals surface area contributed by atoms with E-state index < -0.39 is 11.6 Å². The molecule has 1 aromatic carbocycles. The molecule has 2 heterocycles. The van der Waals surface area contributed by atoms with E-state index in [0.29, 0.717) is 17.8 Å². The first-order chi connectivity index (χ1) is 11.6. The molecule has 2 aromatic rings. The average Bonchev–Trinajstić information content (AvgIpc) is 2.56. The Labute approximate surface area is 138 Å². The Morgan fingerprint density at radius 3 is 2.50 bits per heavy atom. The van der Waals surface area contributed by atoms with E-state index in [-0.39, 0.29) is 11.9 Å². The molecule has 1 aliphatic heterocycles. The molecular weight excluding hydrogens is 314 g/mol. The Kier molecular flexibility index (Phi) is 5.10. The fraction of sp³-hybridized carbons (Fsp3) is 0.353. The number of nitrogens with one attached hydrogen (secondary N) is 1. The van der Waals surface area contributed by atoms with Crippen LogP contribution in [0.3, 0.4) is 0 Å². The van der Waals surface area contributed by atoms with Crippen LogP contribution in [-0.4, -0.2) is 39.9 Å². The predicted octanol–water partition coefficient (Wildman–Crippen LogP) is 2.15. The molecule has 3 rings (SSSR count). The number of hydrogen-bond donors (Lipinski definition) is 1. The zero-order valence-corrected chi connectivity index (χ0v) is 13.1. The molecule has 1 fully saturated rings. The van der Waals surface area contributed by atoms with Gasteiger partial charge >= 0.3 is 0 Å². The van der Waals surface area contributed by atoms with Gasteiger partial charge in [-0.05, 0) is 30.5 Å². The molecule has 0 atom stereocenters. The molecule has 7 heteroatoms. The van der Waals surface area contributed by atoms with Crippen molar-refractivity contribution in [3.05, 3.63) is 59.7 Å². The lowest BCUT2D eigenvalue weighted by Crippen LogP contribution is -2.44. The molecule has 1 aromatic heterocycles. The van der Waals surface area contributed by atoms with Crippen LogP contribution in [0.5, 0.6) is 0 Å². The third-order valence-corrected chi connectivity index (χ3v) is 4.05. The minimum absolute atomic E-state index is 0.0694. The quantitative estimate of drug-likeness (QED) is 0.932. The summed E-state index contributed by atoms with van der Waals surface area (Å²) >= 11 is 0. The van der Waals surface area contributed by atoms with Crippen molar-refractivity contribution in [3.63, 3.8) is 0 Å². The molecule has 0 saturated carbocycles. The van der Waals surface area contributed by atoms with E-state index in [0.717, 1.165) is 32.0 Å². The number of carbonyl (C=O) groups is 1. The molecular formula is C17H18F2N4O. The second-order valence-electron chi connectivity index (χ2n) is 5.89. The van der Waals surface area contributed by atoms with Gasteiger partial charge in [0.05, 0.1) is 6.20 Å². The fourth-order valence-corrected chi connectivity index (χ4v) is 2.87. The summed E-state index contributed by atoms with van der Waals surface area (Å²) in [4.78, 5) is 22.0. The first kappa shape index (κ1) is 16.4. The largest absolute Gasteiger partial charge is 0.348 e. The lowest BCUT2D eigenvalue weighted by molar-refractivity contribution is 0.0903. The summed E-state index contributed by atoms with van der Waals surface area (Å²) in [5.74, 6) is -1.35. The minimum Gasteiger partial charge on any atom is -0.348 e. The summed E-state index contributed by atoms with van der Waals surface area (Å²) in [7, 11) is 0. The number of rotatable bonds is 4.